The minimum atomic E-state index is 0.533. The van der Waals surface area contributed by atoms with Gasteiger partial charge in [-0.1, -0.05) is 48.5 Å². The van der Waals surface area contributed by atoms with Crippen LogP contribution in [0.4, 0.5) is 0 Å². The SMILES string of the molecule is CN=C(NC#N)c1ccc(-c2ccc(C(=NC)NC#N)cc2)cc1. The summed E-state index contributed by atoms with van der Waals surface area (Å²) < 4.78 is 0. The summed E-state index contributed by atoms with van der Waals surface area (Å²) in [6.45, 7) is 0. The highest BCUT2D eigenvalue weighted by molar-refractivity contribution is 6.00. The van der Waals surface area contributed by atoms with Crippen molar-refractivity contribution in [3.8, 4) is 23.5 Å². The molecule has 0 bridgehead atoms. The monoisotopic (exact) mass is 316 g/mol. The van der Waals surface area contributed by atoms with E-state index in [4.69, 9.17) is 10.5 Å². The molecule has 0 heterocycles. The van der Waals surface area contributed by atoms with E-state index in [1.807, 2.05) is 60.9 Å². The molecule has 2 N–H and O–H groups in total. The molecule has 2 rings (SSSR count). The van der Waals surface area contributed by atoms with Crippen molar-refractivity contribution in [1.29, 1.82) is 10.5 Å². The largest absolute Gasteiger partial charge is 0.277 e. The summed E-state index contributed by atoms with van der Waals surface area (Å²) >= 11 is 0. The average Bonchev–Trinajstić information content (AvgIpc) is 2.64. The Balaban J connectivity index is 2.24. The van der Waals surface area contributed by atoms with E-state index in [-0.39, 0.29) is 0 Å². The highest BCUT2D eigenvalue weighted by atomic mass is 15.0. The zero-order chi connectivity index (χ0) is 17.4. The van der Waals surface area contributed by atoms with Crippen LogP contribution in [0.3, 0.4) is 0 Å². The summed E-state index contributed by atoms with van der Waals surface area (Å²) in [4.78, 5) is 8.09. The van der Waals surface area contributed by atoms with E-state index in [0.717, 1.165) is 22.3 Å². The molecule has 0 amide bonds. The Morgan fingerprint density at radius 3 is 1.29 bits per heavy atom. The van der Waals surface area contributed by atoms with Gasteiger partial charge in [0.05, 0.1) is 0 Å². The second-order valence-corrected chi connectivity index (χ2v) is 4.77. The number of aliphatic imine (C=N–C) groups is 2. The van der Waals surface area contributed by atoms with Crippen LogP contribution in [0.1, 0.15) is 11.1 Å². The molecule has 0 saturated carbocycles. The van der Waals surface area contributed by atoms with Gasteiger partial charge in [-0.15, -0.1) is 0 Å². The fourth-order valence-corrected chi connectivity index (χ4v) is 2.26. The van der Waals surface area contributed by atoms with Gasteiger partial charge in [-0.3, -0.25) is 20.6 Å². The van der Waals surface area contributed by atoms with Crippen LogP contribution in [0.15, 0.2) is 58.5 Å². The van der Waals surface area contributed by atoms with Crippen molar-refractivity contribution in [3.63, 3.8) is 0 Å². The Hall–Kier alpha value is -3.64. The summed E-state index contributed by atoms with van der Waals surface area (Å²) in [6.07, 6.45) is 3.75. The van der Waals surface area contributed by atoms with Gasteiger partial charge in [-0.2, -0.15) is 10.5 Å². The number of benzene rings is 2. The van der Waals surface area contributed by atoms with Crippen molar-refractivity contribution in [2.75, 3.05) is 14.1 Å². The van der Waals surface area contributed by atoms with Crippen LogP contribution < -0.4 is 10.6 Å². The molecular formula is C18H16N6. The van der Waals surface area contributed by atoms with Crippen LogP contribution in [0.2, 0.25) is 0 Å². The van der Waals surface area contributed by atoms with Gasteiger partial charge in [0.15, 0.2) is 12.4 Å². The van der Waals surface area contributed by atoms with Crippen LogP contribution in [0.5, 0.6) is 0 Å². The van der Waals surface area contributed by atoms with E-state index < -0.39 is 0 Å². The van der Waals surface area contributed by atoms with Crippen LogP contribution in [-0.2, 0) is 0 Å². The zero-order valence-corrected chi connectivity index (χ0v) is 13.4. The maximum atomic E-state index is 8.71. The van der Waals surface area contributed by atoms with Crippen LogP contribution >= 0.6 is 0 Å². The molecule has 0 radical (unpaired) electrons. The molecule has 2 aromatic rings. The summed E-state index contributed by atoms with van der Waals surface area (Å²) in [5.41, 5.74) is 3.78. The summed E-state index contributed by atoms with van der Waals surface area (Å²) in [5, 5.41) is 22.5. The first-order chi connectivity index (χ1) is 11.7. The topological polar surface area (TPSA) is 96.4 Å². The van der Waals surface area contributed by atoms with Gasteiger partial charge in [-0.25, -0.2) is 0 Å². The van der Waals surface area contributed by atoms with Crippen LogP contribution in [0.25, 0.3) is 11.1 Å². The molecule has 118 valence electrons. The van der Waals surface area contributed by atoms with Gasteiger partial charge in [0.2, 0.25) is 0 Å². The fraction of sp³-hybridized carbons (Fsp3) is 0.111. The van der Waals surface area contributed by atoms with Crippen molar-refractivity contribution in [3.05, 3.63) is 59.7 Å². The lowest BCUT2D eigenvalue weighted by atomic mass is 10.0. The van der Waals surface area contributed by atoms with Crippen molar-refractivity contribution in [2.45, 2.75) is 0 Å². The molecule has 0 fully saturated rings. The highest BCUT2D eigenvalue weighted by Gasteiger charge is 2.05. The standard InChI is InChI=1S/C18H16N6/c1-21-17(23-11-19)15-7-3-13(4-8-15)14-5-9-16(10-6-14)18(22-2)24-12-20/h3-10H,1-2H3,(H,21,23)(H,22,24). The van der Waals surface area contributed by atoms with Gasteiger partial charge in [0.1, 0.15) is 11.7 Å². The Bertz CT molecular complexity index is 760. The first-order valence-electron chi connectivity index (χ1n) is 7.18. The van der Waals surface area contributed by atoms with Gasteiger partial charge in [-0.05, 0) is 11.1 Å². The summed E-state index contributed by atoms with van der Waals surface area (Å²) in [6, 6.07) is 15.5. The Kier molecular flexibility index (Phi) is 5.65. The van der Waals surface area contributed by atoms with E-state index in [1.165, 1.54) is 0 Å². The van der Waals surface area contributed by atoms with Crippen molar-refractivity contribution >= 4 is 11.7 Å². The Morgan fingerprint density at radius 1 is 0.708 bits per heavy atom. The number of nitrogens with one attached hydrogen (secondary N) is 2. The van der Waals surface area contributed by atoms with Gasteiger partial charge >= 0.3 is 0 Å². The molecule has 6 nitrogen and oxygen atoms in total. The van der Waals surface area contributed by atoms with E-state index in [2.05, 4.69) is 20.6 Å². The quantitative estimate of drug-likeness (QED) is 0.393. The molecule has 0 aliphatic rings. The van der Waals surface area contributed by atoms with Crippen molar-refractivity contribution < 1.29 is 0 Å². The first-order valence-corrected chi connectivity index (χ1v) is 7.18. The second kappa shape index (κ2) is 8.11. The number of nitrogens with zero attached hydrogens (tertiary/aromatic N) is 4. The number of nitriles is 2. The average molecular weight is 316 g/mol. The Morgan fingerprint density at radius 2 is 1.04 bits per heavy atom. The lowest BCUT2D eigenvalue weighted by molar-refractivity contribution is 1.22. The van der Waals surface area contributed by atoms with E-state index >= 15 is 0 Å². The number of hydrogen-bond donors (Lipinski definition) is 2. The molecule has 0 unspecified atom stereocenters. The Labute approximate surface area is 140 Å². The lowest BCUT2D eigenvalue weighted by Crippen LogP contribution is -2.18. The first kappa shape index (κ1) is 16.7. The molecule has 2 aromatic carbocycles. The molecule has 0 atom stereocenters. The number of rotatable bonds is 3. The fourth-order valence-electron chi connectivity index (χ4n) is 2.26. The van der Waals surface area contributed by atoms with Gasteiger partial charge < -0.3 is 0 Å². The maximum absolute atomic E-state index is 8.71. The normalized spacial score (nSPS) is 11.3. The molecule has 0 aromatic heterocycles. The number of hydrogen-bond acceptors (Lipinski definition) is 4. The molecule has 0 saturated heterocycles. The second-order valence-electron chi connectivity index (χ2n) is 4.77. The minimum Gasteiger partial charge on any atom is -0.277 e. The van der Waals surface area contributed by atoms with E-state index in [9.17, 15) is 0 Å². The predicted octanol–water partition coefficient (Wildman–Crippen LogP) is 2.25. The molecule has 24 heavy (non-hydrogen) atoms. The van der Waals surface area contributed by atoms with Crippen LogP contribution in [-0.4, -0.2) is 25.8 Å². The van der Waals surface area contributed by atoms with Crippen LogP contribution in [0, 0.1) is 22.9 Å². The molecule has 6 heteroatoms. The molecule has 0 aliphatic carbocycles. The predicted molar refractivity (Wildman–Crippen MR) is 94.3 cm³/mol. The molecule has 0 aliphatic heterocycles. The van der Waals surface area contributed by atoms with E-state index in [0.29, 0.717) is 11.7 Å². The molecule has 0 spiro atoms. The number of amidine groups is 2. The third-order valence-corrected chi connectivity index (χ3v) is 3.45. The highest BCUT2D eigenvalue weighted by Crippen LogP contribution is 2.20. The minimum absolute atomic E-state index is 0.533. The van der Waals surface area contributed by atoms with Crippen molar-refractivity contribution in [2.24, 2.45) is 9.98 Å². The lowest BCUT2D eigenvalue weighted by Gasteiger charge is -2.07. The maximum Gasteiger partial charge on any atom is 0.182 e. The van der Waals surface area contributed by atoms with Crippen molar-refractivity contribution in [1.82, 2.24) is 10.6 Å². The van der Waals surface area contributed by atoms with Gasteiger partial charge in [0, 0.05) is 25.2 Å². The molecular weight excluding hydrogens is 300 g/mol. The summed E-state index contributed by atoms with van der Waals surface area (Å²) in [7, 11) is 3.27. The van der Waals surface area contributed by atoms with Gasteiger partial charge in [0.25, 0.3) is 0 Å². The zero-order valence-electron chi connectivity index (χ0n) is 13.4. The van der Waals surface area contributed by atoms with E-state index in [1.54, 1.807) is 14.1 Å². The third-order valence-electron chi connectivity index (χ3n) is 3.45. The third kappa shape index (κ3) is 3.76. The summed E-state index contributed by atoms with van der Waals surface area (Å²) in [5.74, 6) is 1.07. The smallest absolute Gasteiger partial charge is 0.182 e.